The Bertz CT molecular complexity index is 1070. The maximum absolute atomic E-state index is 12.8. The van der Waals surface area contributed by atoms with E-state index in [-0.39, 0.29) is 30.2 Å². The Labute approximate surface area is 182 Å². The van der Waals surface area contributed by atoms with Crippen LogP contribution in [0.15, 0.2) is 41.2 Å². The van der Waals surface area contributed by atoms with Crippen LogP contribution in [0.1, 0.15) is 42.6 Å². The minimum atomic E-state index is -0.159. The second kappa shape index (κ2) is 8.99. The van der Waals surface area contributed by atoms with Crippen molar-refractivity contribution >= 4 is 5.91 Å². The number of pyridine rings is 1. The average molecular weight is 421 g/mol. The van der Waals surface area contributed by atoms with E-state index in [0.717, 1.165) is 16.8 Å². The molecule has 0 spiro atoms. The van der Waals surface area contributed by atoms with Crippen LogP contribution in [0.4, 0.5) is 0 Å². The van der Waals surface area contributed by atoms with Crippen LogP contribution in [-0.4, -0.2) is 48.3 Å². The van der Waals surface area contributed by atoms with Gasteiger partial charge in [0.1, 0.15) is 5.75 Å². The zero-order valence-electron chi connectivity index (χ0n) is 18.3. The zero-order valence-corrected chi connectivity index (χ0v) is 18.3. The predicted molar refractivity (Wildman–Crippen MR) is 118 cm³/mol. The van der Waals surface area contributed by atoms with E-state index in [1.54, 1.807) is 22.6 Å². The number of aromatic nitrogens is 1. The number of hydrogen-bond donors (Lipinski definition) is 0. The summed E-state index contributed by atoms with van der Waals surface area (Å²) in [5, 5.41) is 0. The fourth-order valence-electron chi connectivity index (χ4n) is 3.57. The highest BCUT2D eigenvalue weighted by Gasteiger charge is 2.27. The summed E-state index contributed by atoms with van der Waals surface area (Å²) < 4.78 is 12.5. The third kappa shape index (κ3) is 5.00. The molecule has 2 fully saturated rings. The molecule has 162 valence electrons. The largest absolute Gasteiger partial charge is 0.484 e. The second-order valence-corrected chi connectivity index (χ2v) is 8.37. The van der Waals surface area contributed by atoms with Crippen molar-refractivity contribution < 1.29 is 14.3 Å². The number of benzene rings is 1. The minimum absolute atomic E-state index is 0.102. The SMILES string of the molecule is Cc1cc(OCC(=O)N(C)C2COC2)cc(=O)n1[C@H](C)c1ccc(C#CC2CC2)cc1. The summed E-state index contributed by atoms with van der Waals surface area (Å²) in [5.74, 6) is 7.33. The number of carbonyl (C=O) groups is 1. The smallest absolute Gasteiger partial charge is 0.260 e. The molecule has 1 aliphatic carbocycles. The molecule has 0 bridgehead atoms. The number of hydrogen-bond acceptors (Lipinski definition) is 4. The fraction of sp³-hybridized carbons (Fsp3) is 0.440. The molecule has 31 heavy (non-hydrogen) atoms. The monoisotopic (exact) mass is 420 g/mol. The van der Waals surface area contributed by atoms with Gasteiger partial charge >= 0.3 is 0 Å². The van der Waals surface area contributed by atoms with E-state index in [2.05, 4.69) is 11.8 Å². The molecule has 0 radical (unpaired) electrons. The highest BCUT2D eigenvalue weighted by Crippen LogP contribution is 2.27. The van der Waals surface area contributed by atoms with Gasteiger partial charge in [0.15, 0.2) is 6.61 Å². The van der Waals surface area contributed by atoms with E-state index in [1.807, 2.05) is 38.1 Å². The molecule has 1 saturated heterocycles. The topological polar surface area (TPSA) is 60.8 Å². The van der Waals surface area contributed by atoms with Crippen LogP contribution in [0.3, 0.4) is 0 Å². The molecule has 2 heterocycles. The number of aryl methyl sites for hydroxylation is 1. The minimum Gasteiger partial charge on any atom is -0.484 e. The molecule has 1 amide bonds. The van der Waals surface area contributed by atoms with E-state index in [1.165, 1.54) is 18.9 Å². The Morgan fingerprint density at radius 2 is 1.97 bits per heavy atom. The number of rotatable bonds is 6. The summed E-state index contributed by atoms with van der Waals surface area (Å²) in [6.07, 6.45) is 2.43. The van der Waals surface area contributed by atoms with E-state index in [9.17, 15) is 9.59 Å². The summed E-state index contributed by atoms with van der Waals surface area (Å²) in [6.45, 7) is 4.89. The molecule has 6 heteroatoms. The summed E-state index contributed by atoms with van der Waals surface area (Å²) in [6, 6.07) is 11.3. The first-order valence-electron chi connectivity index (χ1n) is 10.7. The summed E-state index contributed by atoms with van der Waals surface area (Å²) in [5.41, 5.74) is 2.66. The summed E-state index contributed by atoms with van der Waals surface area (Å²) in [4.78, 5) is 26.7. The van der Waals surface area contributed by atoms with Crippen LogP contribution in [-0.2, 0) is 9.53 Å². The number of nitrogens with zero attached hydrogens (tertiary/aromatic N) is 2. The van der Waals surface area contributed by atoms with Crippen LogP contribution < -0.4 is 10.3 Å². The van der Waals surface area contributed by atoms with Crippen molar-refractivity contribution in [3.63, 3.8) is 0 Å². The first-order chi connectivity index (χ1) is 14.9. The molecule has 1 aromatic heterocycles. The van der Waals surface area contributed by atoms with Crippen molar-refractivity contribution in [3.8, 4) is 17.6 Å². The summed E-state index contributed by atoms with van der Waals surface area (Å²) in [7, 11) is 1.74. The van der Waals surface area contributed by atoms with Crippen molar-refractivity contribution in [2.45, 2.75) is 38.8 Å². The molecule has 0 unspecified atom stereocenters. The van der Waals surface area contributed by atoms with Gasteiger partial charge < -0.3 is 18.9 Å². The van der Waals surface area contributed by atoms with Gasteiger partial charge in [-0.05, 0) is 50.5 Å². The lowest BCUT2D eigenvalue weighted by Gasteiger charge is -2.34. The quantitative estimate of drug-likeness (QED) is 0.675. The Morgan fingerprint density at radius 3 is 2.55 bits per heavy atom. The molecule has 6 nitrogen and oxygen atoms in total. The standard InChI is InChI=1S/C25H28N2O4/c1-17-12-23(31-16-25(29)26(3)22-14-30-15-22)13-24(28)27(17)18(2)21-10-8-20(9-11-21)7-6-19-4-5-19/h8-13,18-19,22H,4-5,14-16H2,1-3H3/t18-/m1/s1. The predicted octanol–water partition coefficient (Wildman–Crippen LogP) is 2.76. The molecule has 0 N–H and O–H groups in total. The van der Waals surface area contributed by atoms with Crippen LogP contribution in [0.5, 0.6) is 5.75 Å². The Morgan fingerprint density at radius 1 is 1.26 bits per heavy atom. The van der Waals surface area contributed by atoms with Gasteiger partial charge in [0, 0.05) is 30.3 Å². The third-order valence-electron chi connectivity index (χ3n) is 5.94. The van der Waals surface area contributed by atoms with Crippen molar-refractivity contribution in [1.82, 2.24) is 9.47 Å². The van der Waals surface area contributed by atoms with Crippen molar-refractivity contribution in [2.75, 3.05) is 26.9 Å². The average Bonchev–Trinajstić information content (AvgIpc) is 3.53. The van der Waals surface area contributed by atoms with E-state index < -0.39 is 0 Å². The number of likely N-dealkylation sites (N-methyl/N-ethyl adjacent to an activating group) is 1. The van der Waals surface area contributed by atoms with Crippen molar-refractivity contribution in [2.24, 2.45) is 5.92 Å². The van der Waals surface area contributed by atoms with Gasteiger partial charge in [0.25, 0.3) is 11.5 Å². The van der Waals surface area contributed by atoms with Gasteiger partial charge in [-0.3, -0.25) is 9.59 Å². The third-order valence-corrected chi connectivity index (χ3v) is 5.94. The van der Waals surface area contributed by atoms with Crippen LogP contribution in [0.2, 0.25) is 0 Å². The lowest BCUT2D eigenvalue weighted by atomic mass is 10.1. The molecule has 1 saturated carbocycles. The van der Waals surface area contributed by atoms with Gasteiger partial charge in [0.05, 0.1) is 25.3 Å². The highest BCUT2D eigenvalue weighted by molar-refractivity contribution is 5.78. The van der Waals surface area contributed by atoms with E-state index in [4.69, 9.17) is 9.47 Å². The number of amides is 1. The molecule has 4 rings (SSSR count). The normalized spacial score (nSPS) is 16.6. The second-order valence-electron chi connectivity index (χ2n) is 8.37. The van der Waals surface area contributed by atoms with Gasteiger partial charge in [-0.15, -0.1) is 0 Å². The number of carbonyl (C=O) groups excluding carboxylic acids is 1. The van der Waals surface area contributed by atoms with Crippen LogP contribution in [0.25, 0.3) is 0 Å². The Balaban J connectivity index is 1.43. The first-order valence-corrected chi connectivity index (χ1v) is 10.7. The zero-order chi connectivity index (χ0) is 22.0. The van der Waals surface area contributed by atoms with Crippen molar-refractivity contribution in [3.05, 3.63) is 63.6 Å². The van der Waals surface area contributed by atoms with Gasteiger partial charge in [-0.2, -0.15) is 0 Å². The molecule has 2 aromatic rings. The Kier molecular flexibility index (Phi) is 6.15. The molecule has 1 aliphatic heterocycles. The van der Waals surface area contributed by atoms with Gasteiger partial charge in [-0.1, -0.05) is 24.0 Å². The number of ether oxygens (including phenoxy) is 2. The maximum Gasteiger partial charge on any atom is 0.260 e. The van der Waals surface area contributed by atoms with Crippen LogP contribution >= 0.6 is 0 Å². The van der Waals surface area contributed by atoms with E-state index in [0.29, 0.717) is 24.9 Å². The molecule has 1 atom stereocenters. The van der Waals surface area contributed by atoms with Gasteiger partial charge in [0.2, 0.25) is 0 Å². The van der Waals surface area contributed by atoms with E-state index >= 15 is 0 Å². The fourth-order valence-corrected chi connectivity index (χ4v) is 3.57. The molecular formula is C25H28N2O4. The summed E-state index contributed by atoms with van der Waals surface area (Å²) >= 11 is 0. The maximum atomic E-state index is 12.8. The highest BCUT2D eigenvalue weighted by atomic mass is 16.5. The Hall–Kier alpha value is -3.04. The molecule has 1 aromatic carbocycles. The van der Waals surface area contributed by atoms with Crippen LogP contribution in [0, 0.1) is 24.7 Å². The van der Waals surface area contributed by atoms with Crippen molar-refractivity contribution in [1.29, 1.82) is 0 Å². The molecule has 2 aliphatic rings. The first kappa shape index (κ1) is 21.2. The van der Waals surface area contributed by atoms with Gasteiger partial charge in [-0.25, -0.2) is 0 Å². The lowest BCUT2D eigenvalue weighted by molar-refractivity contribution is -0.143. The lowest BCUT2D eigenvalue weighted by Crippen LogP contribution is -2.50. The molecular weight excluding hydrogens is 392 g/mol.